The second-order valence-corrected chi connectivity index (χ2v) is 6.75. The molecule has 0 aliphatic rings. The summed E-state index contributed by atoms with van der Waals surface area (Å²) in [6.45, 7) is 0. The molecular weight excluding hydrogens is 405 g/mol. The molecule has 0 spiro atoms. The monoisotopic (exact) mass is 420 g/mol. The predicted molar refractivity (Wildman–Crippen MR) is 91.7 cm³/mol. The van der Waals surface area contributed by atoms with Gasteiger partial charge in [-0.1, -0.05) is 36.4 Å². The molecule has 2 aromatic carbocycles. The lowest BCUT2D eigenvalue weighted by Crippen LogP contribution is -2.24. The van der Waals surface area contributed by atoms with Crippen molar-refractivity contribution in [3.63, 3.8) is 0 Å². The van der Waals surface area contributed by atoms with Gasteiger partial charge in [0.2, 0.25) is 0 Å². The molecule has 28 heavy (non-hydrogen) atoms. The molecule has 9 heteroatoms. The number of hydrogen-bond acceptors (Lipinski definition) is 2. The van der Waals surface area contributed by atoms with E-state index in [4.69, 9.17) is 0 Å². The van der Waals surface area contributed by atoms with E-state index in [1.165, 1.54) is 12.1 Å². The number of benzene rings is 2. The summed E-state index contributed by atoms with van der Waals surface area (Å²) in [5.41, 5.74) is -4.30. The molecule has 2 nitrogen and oxygen atoms in total. The van der Waals surface area contributed by atoms with Crippen LogP contribution in [0.2, 0.25) is 0 Å². The Labute approximate surface area is 158 Å². The van der Waals surface area contributed by atoms with E-state index < -0.39 is 40.7 Å². The molecule has 0 aliphatic heterocycles. The first kappa shape index (κ1) is 22.1. The van der Waals surface area contributed by atoms with E-state index in [1.54, 1.807) is 18.2 Å². The summed E-state index contributed by atoms with van der Waals surface area (Å²) < 4.78 is 91.0. The van der Waals surface area contributed by atoms with Crippen molar-refractivity contribution in [1.82, 2.24) is 0 Å². The highest BCUT2D eigenvalue weighted by molar-refractivity contribution is 7.23. The summed E-state index contributed by atoms with van der Waals surface area (Å²) in [5, 5.41) is 0. The van der Waals surface area contributed by atoms with Gasteiger partial charge in [0.15, 0.2) is 14.2 Å². The highest BCUT2D eigenvalue weighted by atomic mass is 31.1. The zero-order valence-corrected chi connectivity index (χ0v) is 15.2. The molecule has 0 saturated carbocycles. The summed E-state index contributed by atoms with van der Waals surface area (Å²) in [6, 6.07) is 9.23. The van der Waals surface area contributed by atoms with Crippen molar-refractivity contribution in [3.05, 3.63) is 70.8 Å². The van der Waals surface area contributed by atoms with Gasteiger partial charge in [-0.2, -0.15) is 26.3 Å². The molecule has 150 valence electrons. The van der Waals surface area contributed by atoms with Crippen molar-refractivity contribution < 1.29 is 35.7 Å². The Balaban J connectivity index is 2.64. The Bertz CT molecular complexity index is 798. The molecule has 0 fully saturated rings. The van der Waals surface area contributed by atoms with E-state index in [2.05, 4.69) is 0 Å². The first-order valence-corrected chi connectivity index (χ1v) is 9.22. The topological polar surface area (TPSA) is 34.1 Å². The normalized spacial score (nSPS) is 13.5. The third-order valence-electron chi connectivity index (χ3n) is 4.18. The molecule has 0 radical (unpaired) electrons. The largest absolute Gasteiger partial charge is 0.417 e. The molecule has 1 atom stereocenters. The lowest BCUT2D eigenvalue weighted by atomic mass is 9.83. The number of carbonyl (C=O) groups is 1. The van der Waals surface area contributed by atoms with Crippen LogP contribution < -0.4 is 0 Å². The first-order chi connectivity index (χ1) is 13.1. The number of halogens is 6. The maximum Gasteiger partial charge on any atom is 0.417 e. The zero-order valence-electron chi connectivity index (χ0n) is 14.3. The molecule has 0 N–H and O–H groups in total. The quantitative estimate of drug-likeness (QED) is 0.215. The van der Waals surface area contributed by atoms with E-state index >= 15 is 0 Å². The van der Waals surface area contributed by atoms with Gasteiger partial charge in [0, 0.05) is 17.6 Å². The predicted octanol–water partition coefficient (Wildman–Crippen LogP) is 6.76. The second kappa shape index (κ2) is 8.86. The van der Waals surface area contributed by atoms with Crippen molar-refractivity contribution in [2.24, 2.45) is 0 Å². The molecular formula is C19H15F6O2P. The molecule has 2 aromatic rings. The van der Waals surface area contributed by atoms with Gasteiger partial charge in [0.1, 0.15) is 0 Å². The Kier molecular flexibility index (Phi) is 6.99. The Morgan fingerprint density at radius 1 is 0.857 bits per heavy atom. The van der Waals surface area contributed by atoms with Crippen LogP contribution in [0.15, 0.2) is 48.5 Å². The molecule has 1 unspecified atom stereocenters. The van der Waals surface area contributed by atoms with E-state index in [0.29, 0.717) is 23.8 Å². The van der Waals surface area contributed by atoms with E-state index in [-0.39, 0.29) is 27.5 Å². The Morgan fingerprint density at radius 3 is 1.86 bits per heavy atom. The van der Waals surface area contributed by atoms with Crippen LogP contribution in [-0.2, 0) is 16.9 Å². The second-order valence-electron chi connectivity index (χ2n) is 6.05. The summed E-state index contributed by atoms with van der Waals surface area (Å²) in [6.07, 6.45) is -9.93. The van der Waals surface area contributed by atoms with Crippen molar-refractivity contribution in [2.75, 3.05) is 6.16 Å². The molecule has 0 aromatic heterocycles. The van der Waals surface area contributed by atoms with Crippen molar-refractivity contribution in [3.8, 4) is 0 Å². The fraction of sp³-hybridized carbons (Fsp3) is 0.316. The minimum Gasteiger partial charge on any atom is -0.293 e. The van der Waals surface area contributed by atoms with Crippen LogP contribution in [0.1, 0.15) is 45.8 Å². The Hall–Kier alpha value is -2.21. The lowest BCUT2D eigenvalue weighted by Gasteiger charge is -2.22. The standard InChI is InChI=1S/C19H15F6O2P/c20-18(21,22)14-9-4-10-15(19(23,24)25)16(14)17(26)13(8-5-11-28-27)12-6-2-1-3-7-12/h1-4,6-7,9-10,13H,5,8,11H2. The van der Waals surface area contributed by atoms with Crippen LogP contribution in [0, 0.1) is 0 Å². The van der Waals surface area contributed by atoms with Crippen LogP contribution in [0.3, 0.4) is 0 Å². The smallest absolute Gasteiger partial charge is 0.293 e. The minimum atomic E-state index is -5.12. The highest BCUT2D eigenvalue weighted by Gasteiger charge is 2.43. The van der Waals surface area contributed by atoms with Gasteiger partial charge >= 0.3 is 12.4 Å². The highest BCUT2D eigenvalue weighted by Crippen LogP contribution is 2.42. The molecule has 0 heterocycles. The fourth-order valence-electron chi connectivity index (χ4n) is 2.96. The fourth-order valence-corrected chi connectivity index (χ4v) is 3.27. The SMILES string of the molecule is O=PCCCC(C(=O)c1c(C(F)(F)F)cccc1C(F)(F)F)c1ccccc1. The van der Waals surface area contributed by atoms with Gasteiger partial charge in [-0.15, -0.1) is 0 Å². The average Bonchev–Trinajstić information content (AvgIpc) is 2.63. The van der Waals surface area contributed by atoms with E-state index in [9.17, 15) is 35.7 Å². The van der Waals surface area contributed by atoms with Crippen LogP contribution in [0.5, 0.6) is 0 Å². The number of alkyl halides is 6. The molecule has 0 bridgehead atoms. The average molecular weight is 420 g/mol. The van der Waals surface area contributed by atoms with Gasteiger partial charge in [0.25, 0.3) is 0 Å². The molecule has 0 aliphatic carbocycles. The third-order valence-corrected chi connectivity index (χ3v) is 4.68. The summed E-state index contributed by atoms with van der Waals surface area (Å²) in [4.78, 5) is 13.0. The Morgan fingerprint density at radius 2 is 1.39 bits per heavy atom. The maximum absolute atomic E-state index is 13.4. The van der Waals surface area contributed by atoms with Crippen LogP contribution in [0.4, 0.5) is 26.3 Å². The van der Waals surface area contributed by atoms with Gasteiger partial charge < -0.3 is 0 Å². The first-order valence-electron chi connectivity index (χ1n) is 8.23. The van der Waals surface area contributed by atoms with Gasteiger partial charge in [0.05, 0.1) is 11.1 Å². The van der Waals surface area contributed by atoms with Gasteiger partial charge in [-0.25, -0.2) is 0 Å². The number of carbonyl (C=O) groups excluding carboxylic acids is 1. The lowest BCUT2D eigenvalue weighted by molar-refractivity contribution is -0.143. The van der Waals surface area contributed by atoms with Crippen LogP contribution in [-0.4, -0.2) is 11.9 Å². The number of hydrogen-bond donors (Lipinski definition) is 0. The minimum absolute atomic E-state index is 0.0262. The van der Waals surface area contributed by atoms with Crippen molar-refractivity contribution >= 4 is 14.2 Å². The van der Waals surface area contributed by atoms with Crippen LogP contribution in [0.25, 0.3) is 0 Å². The maximum atomic E-state index is 13.4. The van der Waals surface area contributed by atoms with Crippen LogP contribution >= 0.6 is 8.46 Å². The summed E-state index contributed by atoms with van der Waals surface area (Å²) >= 11 is 0. The van der Waals surface area contributed by atoms with Crippen molar-refractivity contribution in [2.45, 2.75) is 31.1 Å². The number of rotatable bonds is 7. The van der Waals surface area contributed by atoms with Crippen molar-refractivity contribution in [1.29, 1.82) is 0 Å². The molecule has 0 saturated heterocycles. The van der Waals surface area contributed by atoms with Gasteiger partial charge in [-0.3, -0.25) is 9.36 Å². The van der Waals surface area contributed by atoms with E-state index in [0.717, 1.165) is 0 Å². The molecule has 2 rings (SSSR count). The van der Waals surface area contributed by atoms with Gasteiger partial charge in [-0.05, 0) is 30.5 Å². The molecule has 0 amide bonds. The zero-order chi connectivity index (χ0) is 20.9. The van der Waals surface area contributed by atoms with E-state index in [1.807, 2.05) is 0 Å². The summed E-state index contributed by atoms with van der Waals surface area (Å²) in [5.74, 6) is -2.47. The number of Topliss-reactive ketones (excluding diaryl/α,β-unsaturated/α-hetero) is 1. The third kappa shape index (κ3) is 5.19. The number of ketones is 1. The summed E-state index contributed by atoms with van der Waals surface area (Å²) in [7, 11) is -0.215.